The summed E-state index contributed by atoms with van der Waals surface area (Å²) in [5, 5.41) is 3.33. The molecule has 0 spiro atoms. The van der Waals surface area contributed by atoms with E-state index in [2.05, 4.69) is 22.1 Å². The number of nitrogens with one attached hydrogen (secondary N) is 1. The molecule has 0 aliphatic carbocycles. The van der Waals surface area contributed by atoms with Crippen LogP contribution in [-0.2, 0) is 6.54 Å². The van der Waals surface area contributed by atoms with Gasteiger partial charge in [0.25, 0.3) is 0 Å². The maximum Gasteiger partial charge on any atom is 0.0798 e. The van der Waals surface area contributed by atoms with Gasteiger partial charge in [-0.2, -0.15) is 0 Å². The summed E-state index contributed by atoms with van der Waals surface area (Å²) in [7, 11) is 2.05. The van der Waals surface area contributed by atoms with E-state index in [0.717, 1.165) is 6.54 Å². The molecule has 3 nitrogen and oxygen atoms in total. The van der Waals surface area contributed by atoms with Gasteiger partial charge in [0.05, 0.1) is 11.2 Å². The Labute approximate surface area is 101 Å². The van der Waals surface area contributed by atoms with Crippen molar-refractivity contribution in [2.45, 2.75) is 25.9 Å². The Morgan fingerprint density at radius 3 is 3.00 bits per heavy atom. The van der Waals surface area contributed by atoms with E-state index in [1.165, 1.54) is 30.1 Å². The lowest BCUT2D eigenvalue weighted by molar-refractivity contribution is 0.324. The first-order valence-electron chi connectivity index (χ1n) is 5.08. The third-order valence-electron chi connectivity index (χ3n) is 2.89. The minimum atomic E-state index is 0. The van der Waals surface area contributed by atoms with Gasteiger partial charge < -0.3 is 5.32 Å². The van der Waals surface area contributed by atoms with Gasteiger partial charge in [0.15, 0.2) is 0 Å². The Morgan fingerprint density at radius 1 is 1.67 bits per heavy atom. The molecular formula is C10H18ClN3S. The van der Waals surface area contributed by atoms with Crippen molar-refractivity contribution >= 4 is 23.7 Å². The SMILES string of the molecule is CNC1CCN(Cc2scnc2C)C1.Cl. The smallest absolute Gasteiger partial charge is 0.0798 e. The van der Waals surface area contributed by atoms with E-state index in [1.54, 1.807) is 11.3 Å². The van der Waals surface area contributed by atoms with Crippen LogP contribution in [-0.4, -0.2) is 36.1 Å². The predicted octanol–water partition coefficient (Wildman–Crippen LogP) is 1.67. The second kappa shape index (κ2) is 5.80. The van der Waals surface area contributed by atoms with E-state index >= 15 is 0 Å². The van der Waals surface area contributed by atoms with E-state index in [9.17, 15) is 0 Å². The van der Waals surface area contributed by atoms with Crippen molar-refractivity contribution in [2.75, 3.05) is 20.1 Å². The van der Waals surface area contributed by atoms with E-state index in [0.29, 0.717) is 6.04 Å². The fraction of sp³-hybridized carbons (Fsp3) is 0.700. The lowest BCUT2D eigenvalue weighted by Crippen LogP contribution is -2.29. The normalized spacial score (nSPS) is 21.6. The molecule has 86 valence electrons. The average molecular weight is 248 g/mol. The van der Waals surface area contributed by atoms with E-state index < -0.39 is 0 Å². The molecule has 0 radical (unpaired) electrons. The summed E-state index contributed by atoms with van der Waals surface area (Å²) in [5.74, 6) is 0. The van der Waals surface area contributed by atoms with Gasteiger partial charge in [0.1, 0.15) is 0 Å². The number of likely N-dealkylation sites (N-methyl/N-ethyl adjacent to an activating group) is 1. The third kappa shape index (κ3) is 3.14. The summed E-state index contributed by atoms with van der Waals surface area (Å²) < 4.78 is 0. The third-order valence-corrected chi connectivity index (χ3v) is 3.81. The van der Waals surface area contributed by atoms with Gasteiger partial charge in [-0.1, -0.05) is 0 Å². The highest BCUT2D eigenvalue weighted by atomic mass is 35.5. The number of hydrogen-bond acceptors (Lipinski definition) is 4. The average Bonchev–Trinajstić information content (AvgIpc) is 2.77. The number of hydrogen-bond donors (Lipinski definition) is 1. The van der Waals surface area contributed by atoms with Crippen molar-refractivity contribution in [3.8, 4) is 0 Å². The maximum absolute atomic E-state index is 4.27. The molecule has 1 aromatic rings. The largest absolute Gasteiger partial charge is 0.316 e. The van der Waals surface area contributed by atoms with Gasteiger partial charge in [0, 0.05) is 30.6 Å². The van der Waals surface area contributed by atoms with Crippen molar-refractivity contribution in [3.05, 3.63) is 16.1 Å². The second-order valence-electron chi connectivity index (χ2n) is 3.87. The fourth-order valence-electron chi connectivity index (χ4n) is 1.89. The first-order valence-corrected chi connectivity index (χ1v) is 5.96. The summed E-state index contributed by atoms with van der Waals surface area (Å²) in [5.41, 5.74) is 3.14. The molecule has 0 saturated carbocycles. The van der Waals surface area contributed by atoms with Crippen LogP contribution in [0.4, 0.5) is 0 Å². The molecular weight excluding hydrogens is 230 g/mol. The summed E-state index contributed by atoms with van der Waals surface area (Å²) in [6, 6.07) is 0.684. The van der Waals surface area contributed by atoms with Crippen LogP contribution in [0.25, 0.3) is 0 Å². The molecule has 1 N–H and O–H groups in total. The quantitative estimate of drug-likeness (QED) is 0.881. The second-order valence-corrected chi connectivity index (χ2v) is 4.81. The van der Waals surface area contributed by atoms with Gasteiger partial charge in [-0.05, 0) is 20.4 Å². The van der Waals surface area contributed by atoms with Crippen LogP contribution in [0.15, 0.2) is 5.51 Å². The lowest BCUT2D eigenvalue weighted by atomic mass is 10.3. The van der Waals surface area contributed by atoms with Crippen LogP contribution in [0.2, 0.25) is 0 Å². The number of nitrogens with zero attached hydrogens (tertiary/aromatic N) is 2. The Hall–Kier alpha value is -0.160. The van der Waals surface area contributed by atoms with Crippen molar-refractivity contribution < 1.29 is 0 Å². The summed E-state index contributed by atoms with van der Waals surface area (Å²) >= 11 is 1.77. The standard InChI is InChI=1S/C10H17N3S.ClH/c1-8-10(14-7-12-8)6-13-4-3-9(5-13)11-2;/h7,9,11H,3-6H2,1-2H3;1H. The van der Waals surface area contributed by atoms with Crippen LogP contribution in [0.5, 0.6) is 0 Å². The highest BCUT2D eigenvalue weighted by Gasteiger charge is 2.21. The Kier molecular flexibility index (Phi) is 4.99. The van der Waals surface area contributed by atoms with Gasteiger partial charge in [-0.3, -0.25) is 4.90 Å². The molecule has 1 unspecified atom stereocenters. The van der Waals surface area contributed by atoms with Gasteiger partial charge in [-0.25, -0.2) is 4.98 Å². The molecule has 0 amide bonds. The highest BCUT2D eigenvalue weighted by Crippen LogP contribution is 2.18. The van der Waals surface area contributed by atoms with Crippen LogP contribution in [0, 0.1) is 6.92 Å². The van der Waals surface area contributed by atoms with Crippen LogP contribution in [0.3, 0.4) is 0 Å². The van der Waals surface area contributed by atoms with Crippen molar-refractivity contribution in [3.63, 3.8) is 0 Å². The molecule has 1 aromatic heterocycles. The van der Waals surface area contributed by atoms with Crippen molar-refractivity contribution in [2.24, 2.45) is 0 Å². The van der Waals surface area contributed by atoms with Crippen LogP contribution >= 0.6 is 23.7 Å². The number of rotatable bonds is 3. The molecule has 1 aliphatic heterocycles. The maximum atomic E-state index is 4.27. The minimum absolute atomic E-state index is 0. The van der Waals surface area contributed by atoms with Crippen molar-refractivity contribution in [1.29, 1.82) is 0 Å². The number of thiazole rings is 1. The fourth-order valence-corrected chi connectivity index (χ4v) is 2.71. The summed E-state index contributed by atoms with van der Waals surface area (Å²) in [4.78, 5) is 8.19. The number of likely N-dealkylation sites (tertiary alicyclic amines) is 1. The first kappa shape index (κ1) is 12.9. The van der Waals surface area contributed by atoms with Crippen molar-refractivity contribution in [1.82, 2.24) is 15.2 Å². The molecule has 1 fully saturated rings. The molecule has 15 heavy (non-hydrogen) atoms. The molecule has 0 aromatic carbocycles. The van der Waals surface area contributed by atoms with Gasteiger partial charge in [0.2, 0.25) is 0 Å². The zero-order valence-electron chi connectivity index (χ0n) is 9.19. The topological polar surface area (TPSA) is 28.2 Å². The Bertz CT molecular complexity index is 303. The predicted molar refractivity (Wildman–Crippen MR) is 66.8 cm³/mol. The number of aromatic nitrogens is 1. The molecule has 1 aliphatic rings. The zero-order chi connectivity index (χ0) is 9.97. The molecule has 2 rings (SSSR count). The monoisotopic (exact) mass is 247 g/mol. The lowest BCUT2D eigenvalue weighted by Gasteiger charge is -2.14. The number of halogens is 1. The van der Waals surface area contributed by atoms with Gasteiger partial charge in [-0.15, -0.1) is 23.7 Å². The zero-order valence-corrected chi connectivity index (χ0v) is 10.8. The minimum Gasteiger partial charge on any atom is -0.316 e. The molecule has 5 heteroatoms. The molecule has 1 saturated heterocycles. The van der Waals surface area contributed by atoms with E-state index in [4.69, 9.17) is 0 Å². The summed E-state index contributed by atoms with van der Waals surface area (Å²) in [6.07, 6.45) is 1.27. The first-order chi connectivity index (χ1) is 6.79. The Balaban J connectivity index is 0.00000112. The van der Waals surface area contributed by atoms with Crippen LogP contribution < -0.4 is 5.32 Å². The van der Waals surface area contributed by atoms with Crippen LogP contribution in [0.1, 0.15) is 17.0 Å². The van der Waals surface area contributed by atoms with E-state index in [1.807, 2.05) is 12.6 Å². The van der Waals surface area contributed by atoms with E-state index in [-0.39, 0.29) is 12.4 Å². The summed E-state index contributed by atoms with van der Waals surface area (Å²) in [6.45, 7) is 5.56. The molecule has 0 bridgehead atoms. The number of aryl methyl sites for hydroxylation is 1. The van der Waals surface area contributed by atoms with Gasteiger partial charge >= 0.3 is 0 Å². The molecule has 1 atom stereocenters. The Morgan fingerprint density at radius 2 is 2.47 bits per heavy atom. The highest BCUT2D eigenvalue weighted by molar-refractivity contribution is 7.09. The molecule has 2 heterocycles.